The third-order valence-electron chi connectivity index (χ3n) is 4.11. The molecule has 1 heterocycles. The predicted octanol–water partition coefficient (Wildman–Crippen LogP) is 4.05. The number of ketones is 1. The van der Waals surface area contributed by atoms with E-state index in [0.29, 0.717) is 19.4 Å². The second kappa shape index (κ2) is 7.01. The molecular formula is C18H24O3. The van der Waals surface area contributed by atoms with E-state index < -0.39 is 5.41 Å². The molecular weight excluding hydrogens is 264 g/mol. The Hall–Kier alpha value is -1.45. The molecule has 1 aliphatic heterocycles. The van der Waals surface area contributed by atoms with Crippen molar-refractivity contribution in [2.45, 2.75) is 45.5 Å². The summed E-state index contributed by atoms with van der Waals surface area (Å²) in [5.74, 6) is 0.223. The SMILES string of the molecule is C=CCCC(=O)C(C)(C)[C@@H]1CCO[C@H](c2ccccc2)O1. The molecule has 0 amide bonds. The van der Waals surface area contributed by atoms with Gasteiger partial charge in [0.25, 0.3) is 0 Å². The Bertz CT molecular complexity index is 478. The molecule has 1 saturated heterocycles. The number of ether oxygens (including phenoxy) is 2. The van der Waals surface area contributed by atoms with Crippen LogP contribution >= 0.6 is 0 Å². The van der Waals surface area contributed by atoms with Gasteiger partial charge in [0, 0.05) is 17.4 Å². The van der Waals surface area contributed by atoms with Crippen molar-refractivity contribution in [3.05, 3.63) is 48.6 Å². The summed E-state index contributed by atoms with van der Waals surface area (Å²) in [6, 6.07) is 9.86. The highest BCUT2D eigenvalue weighted by atomic mass is 16.7. The highest BCUT2D eigenvalue weighted by molar-refractivity contribution is 5.84. The molecule has 0 aromatic heterocycles. The molecule has 0 saturated carbocycles. The number of hydrogen-bond donors (Lipinski definition) is 0. The fraction of sp³-hybridized carbons (Fsp3) is 0.500. The zero-order valence-electron chi connectivity index (χ0n) is 12.9. The van der Waals surface area contributed by atoms with Crippen molar-refractivity contribution in [3.63, 3.8) is 0 Å². The molecule has 2 atom stereocenters. The first-order chi connectivity index (χ1) is 10.1. The van der Waals surface area contributed by atoms with Gasteiger partial charge >= 0.3 is 0 Å². The second-order valence-electron chi connectivity index (χ2n) is 6.00. The van der Waals surface area contributed by atoms with Gasteiger partial charge in [-0.1, -0.05) is 50.3 Å². The topological polar surface area (TPSA) is 35.5 Å². The highest BCUT2D eigenvalue weighted by Gasteiger charge is 2.40. The minimum Gasteiger partial charge on any atom is -0.348 e. The van der Waals surface area contributed by atoms with Crippen molar-refractivity contribution in [3.8, 4) is 0 Å². The molecule has 0 radical (unpaired) electrons. The Kier molecular flexibility index (Phi) is 5.32. The zero-order chi connectivity index (χ0) is 15.3. The van der Waals surface area contributed by atoms with Gasteiger partial charge in [0.2, 0.25) is 0 Å². The molecule has 1 aromatic rings. The van der Waals surface area contributed by atoms with Gasteiger partial charge in [-0.05, 0) is 12.8 Å². The monoisotopic (exact) mass is 288 g/mol. The molecule has 0 bridgehead atoms. The molecule has 0 N–H and O–H groups in total. The number of carbonyl (C=O) groups excluding carboxylic acids is 1. The number of rotatable bonds is 6. The number of benzene rings is 1. The Balaban J connectivity index is 2.06. The first-order valence-corrected chi connectivity index (χ1v) is 7.52. The molecule has 3 heteroatoms. The summed E-state index contributed by atoms with van der Waals surface area (Å²) in [6.45, 7) is 8.23. The average molecular weight is 288 g/mol. The lowest BCUT2D eigenvalue weighted by Gasteiger charge is -2.39. The van der Waals surface area contributed by atoms with Crippen LogP contribution in [0.15, 0.2) is 43.0 Å². The summed E-state index contributed by atoms with van der Waals surface area (Å²) in [5, 5.41) is 0. The van der Waals surface area contributed by atoms with Crippen LogP contribution in [0.5, 0.6) is 0 Å². The molecule has 2 rings (SSSR count). The van der Waals surface area contributed by atoms with E-state index in [1.165, 1.54) is 0 Å². The van der Waals surface area contributed by atoms with E-state index in [0.717, 1.165) is 12.0 Å². The lowest BCUT2D eigenvalue weighted by atomic mass is 9.78. The summed E-state index contributed by atoms with van der Waals surface area (Å²) < 4.78 is 11.8. The van der Waals surface area contributed by atoms with E-state index in [-0.39, 0.29) is 18.2 Å². The largest absolute Gasteiger partial charge is 0.348 e. The van der Waals surface area contributed by atoms with Crippen molar-refractivity contribution in [1.29, 1.82) is 0 Å². The number of Topliss-reactive ketones (excluding diaryl/α,β-unsaturated/α-hetero) is 1. The predicted molar refractivity (Wildman–Crippen MR) is 82.8 cm³/mol. The van der Waals surface area contributed by atoms with Gasteiger partial charge in [-0.2, -0.15) is 0 Å². The fourth-order valence-corrected chi connectivity index (χ4v) is 2.59. The maximum Gasteiger partial charge on any atom is 0.184 e. The van der Waals surface area contributed by atoms with E-state index in [1.54, 1.807) is 6.08 Å². The van der Waals surface area contributed by atoms with E-state index in [4.69, 9.17) is 9.47 Å². The Morgan fingerprint density at radius 1 is 1.38 bits per heavy atom. The molecule has 114 valence electrons. The van der Waals surface area contributed by atoms with Crippen molar-refractivity contribution >= 4 is 5.78 Å². The van der Waals surface area contributed by atoms with Crippen LogP contribution in [0.2, 0.25) is 0 Å². The molecule has 21 heavy (non-hydrogen) atoms. The van der Waals surface area contributed by atoms with Crippen LogP contribution in [0.4, 0.5) is 0 Å². The van der Waals surface area contributed by atoms with Gasteiger partial charge in [-0.15, -0.1) is 6.58 Å². The number of allylic oxidation sites excluding steroid dienone is 1. The lowest BCUT2D eigenvalue weighted by molar-refractivity contribution is -0.238. The van der Waals surface area contributed by atoms with Crippen LogP contribution in [0, 0.1) is 5.41 Å². The van der Waals surface area contributed by atoms with Gasteiger partial charge in [0.1, 0.15) is 5.78 Å². The first-order valence-electron chi connectivity index (χ1n) is 7.52. The third-order valence-corrected chi connectivity index (χ3v) is 4.11. The molecule has 0 aliphatic carbocycles. The maximum atomic E-state index is 12.4. The van der Waals surface area contributed by atoms with E-state index in [9.17, 15) is 4.79 Å². The Morgan fingerprint density at radius 3 is 2.76 bits per heavy atom. The van der Waals surface area contributed by atoms with Crippen molar-refractivity contribution in [2.75, 3.05) is 6.61 Å². The van der Waals surface area contributed by atoms with Gasteiger partial charge in [-0.3, -0.25) is 4.79 Å². The van der Waals surface area contributed by atoms with Crippen LogP contribution in [0.3, 0.4) is 0 Å². The van der Waals surface area contributed by atoms with Crippen molar-refractivity contribution < 1.29 is 14.3 Å². The Morgan fingerprint density at radius 2 is 2.10 bits per heavy atom. The van der Waals surface area contributed by atoms with Crippen LogP contribution in [0.1, 0.15) is 45.0 Å². The van der Waals surface area contributed by atoms with Crippen LogP contribution in [-0.2, 0) is 14.3 Å². The van der Waals surface area contributed by atoms with Crippen molar-refractivity contribution in [2.24, 2.45) is 5.41 Å². The zero-order valence-corrected chi connectivity index (χ0v) is 12.9. The quantitative estimate of drug-likeness (QED) is 0.741. The summed E-state index contributed by atoms with van der Waals surface area (Å²) in [7, 11) is 0. The molecule has 0 spiro atoms. The summed E-state index contributed by atoms with van der Waals surface area (Å²) in [4.78, 5) is 12.4. The minimum atomic E-state index is -0.500. The molecule has 1 aliphatic rings. The van der Waals surface area contributed by atoms with Crippen LogP contribution < -0.4 is 0 Å². The molecule has 1 aromatic carbocycles. The second-order valence-corrected chi connectivity index (χ2v) is 6.00. The van der Waals surface area contributed by atoms with E-state index in [1.807, 2.05) is 44.2 Å². The lowest BCUT2D eigenvalue weighted by Crippen LogP contribution is -2.43. The summed E-state index contributed by atoms with van der Waals surface area (Å²) in [6.07, 6.45) is 3.27. The van der Waals surface area contributed by atoms with Gasteiger partial charge in [-0.25, -0.2) is 0 Å². The van der Waals surface area contributed by atoms with Gasteiger partial charge < -0.3 is 9.47 Å². The molecule has 3 nitrogen and oxygen atoms in total. The average Bonchev–Trinajstić information content (AvgIpc) is 2.53. The number of carbonyl (C=O) groups is 1. The third kappa shape index (κ3) is 3.80. The van der Waals surface area contributed by atoms with Crippen LogP contribution in [0.25, 0.3) is 0 Å². The van der Waals surface area contributed by atoms with Crippen LogP contribution in [-0.4, -0.2) is 18.5 Å². The standard InChI is InChI=1S/C18H24O3/c1-4-5-11-15(19)18(2,3)16-12-13-20-17(21-16)14-9-7-6-8-10-14/h4,6-10,16-17H,1,5,11-13H2,2-3H3/t16-,17-/m0/s1. The molecule has 1 fully saturated rings. The summed E-state index contributed by atoms with van der Waals surface area (Å²) in [5.41, 5.74) is 0.497. The molecule has 0 unspecified atom stereocenters. The highest BCUT2D eigenvalue weighted by Crippen LogP contribution is 2.36. The normalized spacial score (nSPS) is 22.8. The first kappa shape index (κ1) is 15.9. The van der Waals surface area contributed by atoms with E-state index >= 15 is 0 Å². The van der Waals surface area contributed by atoms with Gasteiger partial charge in [0.15, 0.2) is 6.29 Å². The van der Waals surface area contributed by atoms with Crippen molar-refractivity contribution in [1.82, 2.24) is 0 Å². The fourth-order valence-electron chi connectivity index (χ4n) is 2.59. The van der Waals surface area contributed by atoms with E-state index in [2.05, 4.69) is 6.58 Å². The van der Waals surface area contributed by atoms with Gasteiger partial charge in [0.05, 0.1) is 12.7 Å². The minimum absolute atomic E-state index is 0.117. The Labute approximate surface area is 127 Å². The summed E-state index contributed by atoms with van der Waals surface area (Å²) >= 11 is 0. The maximum absolute atomic E-state index is 12.4. The number of hydrogen-bond acceptors (Lipinski definition) is 3. The smallest absolute Gasteiger partial charge is 0.184 e.